The van der Waals surface area contributed by atoms with E-state index in [1.165, 1.54) is 0 Å². The average molecular weight is 212 g/mol. The first-order chi connectivity index (χ1) is 7.81. The quantitative estimate of drug-likeness (QED) is 0.792. The molecular weight excluding hydrogens is 200 g/mol. The molecule has 0 atom stereocenters. The van der Waals surface area contributed by atoms with Crippen LogP contribution in [0.3, 0.4) is 0 Å². The molecule has 80 valence electrons. The van der Waals surface area contributed by atoms with E-state index in [1.807, 2.05) is 30.3 Å². The Morgan fingerprint density at radius 3 is 2.69 bits per heavy atom. The van der Waals surface area contributed by atoms with Crippen LogP contribution in [0, 0.1) is 0 Å². The van der Waals surface area contributed by atoms with Gasteiger partial charge in [-0.05, 0) is 6.42 Å². The molecule has 0 radical (unpaired) electrons. The molecule has 0 fully saturated rings. The summed E-state index contributed by atoms with van der Waals surface area (Å²) in [5, 5.41) is 0. The van der Waals surface area contributed by atoms with E-state index in [0.717, 1.165) is 5.56 Å². The van der Waals surface area contributed by atoms with Gasteiger partial charge in [-0.2, -0.15) is 0 Å². The molecule has 1 aromatic carbocycles. The van der Waals surface area contributed by atoms with Gasteiger partial charge < -0.3 is 4.98 Å². The number of benzene rings is 1. The highest BCUT2D eigenvalue weighted by Gasteiger charge is 2.02. The van der Waals surface area contributed by atoms with Gasteiger partial charge in [0.15, 0.2) is 0 Å². The van der Waals surface area contributed by atoms with Crippen LogP contribution < -0.4 is 5.56 Å². The van der Waals surface area contributed by atoms with E-state index in [0.29, 0.717) is 17.8 Å². The number of nitrogens with zero attached hydrogens (tertiary/aromatic N) is 1. The summed E-state index contributed by atoms with van der Waals surface area (Å²) >= 11 is 0. The monoisotopic (exact) mass is 212 g/mol. The Morgan fingerprint density at radius 1 is 1.31 bits per heavy atom. The lowest BCUT2D eigenvalue weighted by molar-refractivity contribution is 1.05. The fourth-order valence-electron chi connectivity index (χ4n) is 1.46. The van der Waals surface area contributed by atoms with Crippen molar-refractivity contribution in [3.63, 3.8) is 0 Å². The highest BCUT2D eigenvalue weighted by atomic mass is 16.1. The highest BCUT2D eigenvalue weighted by Crippen LogP contribution is 2.11. The Kier molecular flexibility index (Phi) is 2.96. The molecule has 0 amide bonds. The summed E-state index contributed by atoms with van der Waals surface area (Å²) in [4.78, 5) is 18.6. The van der Waals surface area contributed by atoms with Crippen LogP contribution in [0.25, 0.3) is 11.4 Å². The van der Waals surface area contributed by atoms with Gasteiger partial charge in [0.2, 0.25) is 0 Å². The van der Waals surface area contributed by atoms with Gasteiger partial charge in [-0.15, -0.1) is 6.58 Å². The van der Waals surface area contributed by atoms with Gasteiger partial charge in [0, 0.05) is 17.3 Å². The highest BCUT2D eigenvalue weighted by molar-refractivity contribution is 5.53. The molecule has 0 aliphatic rings. The third kappa shape index (κ3) is 2.08. The molecule has 0 saturated carbocycles. The van der Waals surface area contributed by atoms with Gasteiger partial charge in [0.05, 0.1) is 0 Å². The van der Waals surface area contributed by atoms with Crippen LogP contribution in [0.1, 0.15) is 5.56 Å². The summed E-state index contributed by atoms with van der Waals surface area (Å²) in [7, 11) is 0. The molecule has 1 N–H and O–H groups in total. The van der Waals surface area contributed by atoms with Gasteiger partial charge >= 0.3 is 0 Å². The van der Waals surface area contributed by atoms with Gasteiger partial charge in [0.25, 0.3) is 5.56 Å². The van der Waals surface area contributed by atoms with Gasteiger partial charge in [-0.25, -0.2) is 4.98 Å². The number of nitrogens with one attached hydrogen (secondary N) is 1. The summed E-state index contributed by atoms with van der Waals surface area (Å²) in [6.07, 6.45) is 3.83. The van der Waals surface area contributed by atoms with Gasteiger partial charge in [-0.3, -0.25) is 4.79 Å². The molecule has 0 unspecified atom stereocenters. The third-order valence-corrected chi connectivity index (χ3v) is 2.28. The van der Waals surface area contributed by atoms with Gasteiger partial charge in [0.1, 0.15) is 5.82 Å². The van der Waals surface area contributed by atoms with E-state index < -0.39 is 0 Å². The predicted molar refractivity (Wildman–Crippen MR) is 64.2 cm³/mol. The second-order valence-corrected chi connectivity index (χ2v) is 3.44. The van der Waals surface area contributed by atoms with Crippen molar-refractivity contribution < 1.29 is 0 Å². The largest absolute Gasteiger partial charge is 0.306 e. The Morgan fingerprint density at radius 2 is 2.06 bits per heavy atom. The van der Waals surface area contributed by atoms with Crippen LogP contribution in [0.2, 0.25) is 0 Å². The van der Waals surface area contributed by atoms with Crippen LogP contribution in [0.5, 0.6) is 0 Å². The van der Waals surface area contributed by atoms with Crippen molar-refractivity contribution in [2.75, 3.05) is 0 Å². The van der Waals surface area contributed by atoms with E-state index >= 15 is 0 Å². The topological polar surface area (TPSA) is 45.8 Å². The zero-order valence-electron chi connectivity index (χ0n) is 8.81. The lowest BCUT2D eigenvalue weighted by Gasteiger charge is -2.01. The summed E-state index contributed by atoms with van der Waals surface area (Å²) < 4.78 is 0. The Labute approximate surface area is 93.5 Å². The van der Waals surface area contributed by atoms with Crippen LogP contribution in [-0.4, -0.2) is 9.97 Å². The smallest absolute Gasteiger partial charge is 0.254 e. The summed E-state index contributed by atoms with van der Waals surface area (Å²) in [6.45, 7) is 3.60. The lowest BCUT2D eigenvalue weighted by atomic mass is 10.2. The molecule has 0 bridgehead atoms. The molecule has 0 aliphatic carbocycles. The predicted octanol–water partition coefficient (Wildman–Crippen LogP) is 2.17. The van der Waals surface area contributed by atoms with E-state index in [-0.39, 0.29) is 5.56 Å². The van der Waals surface area contributed by atoms with Crippen molar-refractivity contribution in [2.45, 2.75) is 6.42 Å². The zero-order valence-corrected chi connectivity index (χ0v) is 8.81. The van der Waals surface area contributed by atoms with Gasteiger partial charge in [-0.1, -0.05) is 36.4 Å². The lowest BCUT2D eigenvalue weighted by Crippen LogP contribution is -2.13. The van der Waals surface area contributed by atoms with Crippen LogP contribution >= 0.6 is 0 Å². The number of allylic oxidation sites excluding steroid dienone is 1. The van der Waals surface area contributed by atoms with Crippen molar-refractivity contribution in [1.82, 2.24) is 9.97 Å². The molecule has 16 heavy (non-hydrogen) atoms. The number of aromatic amines is 1. The van der Waals surface area contributed by atoms with Crippen molar-refractivity contribution in [2.24, 2.45) is 0 Å². The maximum Gasteiger partial charge on any atom is 0.254 e. The van der Waals surface area contributed by atoms with Crippen molar-refractivity contribution in [3.8, 4) is 11.4 Å². The standard InChI is InChI=1S/C13H12N2O/c1-2-6-11-9-14-12(15-13(11)16)10-7-4-3-5-8-10/h2-5,7-9H,1,6H2,(H,14,15,16). The van der Waals surface area contributed by atoms with E-state index in [4.69, 9.17) is 0 Å². The SMILES string of the molecule is C=CCc1cnc(-c2ccccc2)[nH]c1=O. The van der Waals surface area contributed by atoms with Crippen LogP contribution in [-0.2, 0) is 6.42 Å². The van der Waals surface area contributed by atoms with Crippen LogP contribution in [0.4, 0.5) is 0 Å². The normalized spacial score (nSPS) is 10.0. The van der Waals surface area contributed by atoms with E-state index in [9.17, 15) is 4.79 Å². The van der Waals surface area contributed by atoms with E-state index in [2.05, 4.69) is 16.5 Å². The van der Waals surface area contributed by atoms with E-state index in [1.54, 1.807) is 12.3 Å². The fraction of sp³-hybridized carbons (Fsp3) is 0.0769. The molecule has 2 aromatic rings. The molecular formula is C13H12N2O. The first-order valence-electron chi connectivity index (χ1n) is 5.06. The first-order valence-corrected chi connectivity index (χ1v) is 5.06. The Balaban J connectivity index is 2.42. The minimum atomic E-state index is -0.103. The number of H-pyrrole nitrogens is 1. The second kappa shape index (κ2) is 4.57. The van der Waals surface area contributed by atoms with Crippen molar-refractivity contribution >= 4 is 0 Å². The third-order valence-electron chi connectivity index (χ3n) is 2.28. The molecule has 2 rings (SSSR count). The Bertz CT molecular complexity index is 543. The number of rotatable bonds is 3. The Hall–Kier alpha value is -2.16. The first kappa shape index (κ1) is 10.4. The molecule has 1 heterocycles. The summed E-state index contributed by atoms with van der Waals surface area (Å²) in [5.74, 6) is 0.596. The number of hydrogen-bond acceptors (Lipinski definition) is 2. The second-order valence-electron chi connectivity index (χ2n) is 3.44. The molecule has 1 aromatic heterocycles. The molecule has 0 spiro atoms. The van der Waals surface area contributed by atoms with Crippen molar-refractivity contribution in [3.05, 3.63) is 65.1 Å². The minimum Gasteiger partial charge on any atom is -0.306 e. The molecule has 3 nitrogen and oxygen atoms in total. The number of aromatic nitrogens is 2. The van der Waals surface area contributed by atoms with Crippen LogP contribution in [0.15, 0.2) is 54.0 Å². The maximum absolute atomic E-state index is 11.7. The summed E-state index contributed by atoms with van der Waals surface area (Å²) in [5.41, 5.74) is 1.44. The molecule has 0 saturated heterocycles. The average Bonchev–Trinajstić information content (AvgIpc) is 2.33. The fourth-order valence-corrected chi connectivity index (χ4v) is 1.46. The maximum atomic E-state index is 11.7. The molecule has 0 aliphatic heterocycles. The number of hydrogen-bond donors (Lipinski definition) is 1. The molecule has 3 heteroatoms. The summed E-state index contributed by atoms with van der Waals surface area (Å²) in [6, 6.07) is 9.56. The zero-order chi connectivity index (χ0) is 11.4. The minimum absolute atomic E-state index is 0.103. The van der Waals surface area contributed by atoms with Crippen molar-refractivity contribution in [1.29, 1.82) is 0 Å².